The fourth-order valence-corrected chi connectivity index (χ4v) is 1.08. The van der Waals surface area contributed by atoms with Crippen LogP contribution in [0.4, 0.5) is 4.39 Å². The summed E-state index contributed by atoms with van der Waals surface area (Å²) in [5.74, 6) is -1.51. The molecule has 0 bridgehead atoms. The minimum absolute atomic E-state index is 0. The summed E-state index contributed by atoms with van der Waals surface area (Å²) in [5, 5.41) is 15.6. The average molecular weight is 231 g/mol. The number of carboxylic acids is 1. The molecule has 0 amide bonds. The molecule has 2 rings (SSSR count). The van der Waals surface area contributed by atoms with Crippen LogP contribution in [0, 0.1) is 5.82 Å². The predicted octanol–water partition coefficient (Wildman–Crippen LogP) is 0.456. The Labute approximate surface area is 112 Å². The van der Waals surface area contributed by atoms with Crippen LogP contribution in [0.3, 0.4) is 0 Å². The second-order valence-electron chi connectivity index (χ2n) is 2.83. The summed E-state index contributed by atoms with van der Waals surface area (Å²) in [5.41, 5.74) is 0.399. The average Bonchev–Trinajstić information content (AvgIpc) is 2.68. The molecule has 78 valence electrons. The molecule has 0 spiro atoms. The molecule has 16 heavy (non-hydrogen) atoms. The van der Waals surface area contributed by atoms with Crippen LogP contribution < -0.4 is 0 Å². The van der Waals surface area contributed by atoms with Crippen LogP contribution in [0.2, 0.25) is 0 Å². The summed E-state index contributed by atoms with van der Waals surface area (Å²) in [4.78, 5) is 10.5. The van der Waals surface area contributed by atoms with Gasteiger partial charge in [-0.15, -0.1) is 5.10 Å². The van der Waals surface area contributed by atoms with Crippen molar-refractivity contribution in [1.29, 1.82) is 0 Å². The molecule has 1 heterocycles. The number of aromatic nitrogens is 3. The van der Waals surface area contributed by atoms with Gasteiger partial charge in [0.25, 0.3) is 0 Å². The zero-order valence-corrected chi connectivity index (χ0v) is 7.46. The summed E-state index contributed by atoms with van der Waals surface area (Å²) in [6, 6.07) is 5.49. The molecule has 7 heteroatoms. The standard InChI is InChI=1S/C9H6FN3O2.Na.H/c10-6-1-3-7(4-2-6)13-5-8(9(14)15)11-12-13;;/h1-5H,(H,14,15);;. The van der Waals surface area contributed by atoms with Crippen LogP contribution in [-0.4, -0.2) is 55.6 Å². The molecule has 0 atom stereocenters. The van der Waals surface area contributed by atoms with Gasteiger partial charge in [0.1, 0.15) is 5.82 Å². The van der Waals surface area contributed by atoms with Crippen molar-refractivity contribution in [3.63, 3.8) is 0 Å². The van der Waals surface area contributed by atoms with E-state index >= 15 is 0 Å². The number of carboxylic acid groups (broad SMARTS) is 1. The normalized spacial score (nSPS) is 9.56. The van der Waals surface area contributed by atoms with E-state index in [2.05, 4.69) is 10.3 Å². The molecule has 1 N–H and O–H groups in total. The van der Waals surface area contributed by atoms with Crippen molar-refractivity contribution in [3.05, 3.63) is 42.0 Å². The Kier molecular flexibility index (Phi) is 4.17. The fourth-order valence-electron chi connectivity index (χ4n) is 1.08. The molecule has 1 aromatic heterocycles. The molecular weight excluding hydrogens is 224 g/mol. The van der Waals surface area contributed by atoms with Gasteiger partial charge in [-0.3, -0.25) is 0 Å². The van der Waals surface area contributed by atoms with Crippen LogP contribution in [0.15, 0.2) is 30.5 Å². The van der Waals surface area contributed by atoms with Gasteiger partial charge in [0.05, 0.1) is 11.9 Å². The number of hydrogen-bond donors (Lipinski definition) is 1. The molecule has 0 radical (unpaired) electrons. The minimum atomic E-state index is -1.15. The fraction of sp³-hybridized carbons (Fsp3) is 0. The zero-order valence-electron chi connectivity index (χ0n) is 7.46. The molecule has 0 aliphatic rings. The molecule has 0 fully saturated rings. The Morgan fingerprint density at radius 1 is 1.31 bits per heavy atom. The Bertz CT molecular complexity index is 498. The van der Waals surface area contributed by atoms with E-state index in [0.29, 0.717) is 5.69 Å². The van der Waals surface area contributed by atoms with Gasteiger partial charge in [-0.05, 0) is 24.3 Å². The summed E-state index contributed by atoms with van der Waals surface area (Å²) >= 11 is 0. The van der Waals surface area contributed by atoms with Crippen molar-refractivity contribution in [2.45, 2.75) is 0 Å². The first kappa shape index (κ1) is 12.8. The molecule has 0 saturated heterocycles. The van der Waals surface area contributed by atoms with Crippen molar-refractivity contribution < 1.29 is 14.3 Å². The second kappa shape index (κ2) is 5.20. The van der Waals surface area contributed by atoms with Crippen molar-refractivity contribution in [1.82, 2.24) is 15.0 Å². The maximum atomic E-state index is 12.6. The van der Waals surface area contributed by atoms with Crippen molar-refractivity contribution in [2.75, 3.05) is 0 Å². The third kappa shape index (κ3) is 2.66. The quantitative estimate of drug-likeness (QED) is 0.762. The number of halogens is 1. The zero-order chi connectivity index (χ0) is 10.8. The van der Waals surface area contributed by atoms with E-state index in [0.717, 1.165) is 0 Å². The summed E-state index contributed by atoms with van der Waals surface area (Å²) < 4.78 is 13.9. The van der Waals surface area contributed by atoms with Crippen LogP contribution in [0.5, 0.6) is 0 Å². The first-order valence-corrected chi connectivity index (χ1v) is 4.08. The molecule has 0 saturated carbocycles. The predicted molar refractivity (Wildman–Crippen MR) is 55.4 cm³/mol. The Morgan fingerprint density at radius 3 is 2.44 bits per heavy atom. The number of rotatable bonds is 2. The van der Waals surface area contributed by atoms with Gasteiger partial charge in [0.2, 0.25) is 0 Å². The van der Waals surface area contributed by atoms with Gasteiger partial charge in [0.15, 0.2) is 5.69 Å². The molecular formula is C9H7FN3NaO2. The summed E-state index contributed by atoms with van der Waals surface area (Å²) in [7, 11) is 0. The molecule has 0 aliphatic heterocycles. The van der Waals surface area contributed by atoms with Gasteiger partial charge in [-0.1, -0.05) is 5.21 Å². The molecule has 1 aromatic carbocycles. The van der Waals surface area contributed by atoms with Gasteiger partial charge in [-0.25, -0.2) is 13.9 Å². The molecule has 0 unspecified atom stereocenters. The van der Waals surface area contributed by atoms with E-state index in [-0.39, 0.29) is 41.1 Å². The Hall–Kier alpha value is -1.24. The SMILES string of the molecule is O=C(O)c1cn(-c2ccc(F)cc2)nn1.[NaH]. The molecule has 5 nitrogen and oxygen atoms in total. The van der Waals surface area contributed by atoms with E-state index in [1.54, 1.807) is 0 Å². The topological polar surface area (TPSA) is 68.0 Å². The van der Waals surface area contributed by atoms with Gasteiger partial charge in [-0.2, -0.15) is 0 Å². The van der Waals surface area contributed by atoms with Crippen molar-refractivity contribution in [2.24, 2.45) is 0 Å². The van der Waals surface area contributed by atoms with E-state index < -0.39 is 5.97 Å². The first-order valence-electron chi connectivity index (χ1n) is 4.08. The number of carbonyl (C=O) groups is 1. The van der Waals surface area contributed by atoms with Crippen LogP contribution >= 0.6 is 0 Å². The van der Waals surface area contributed by atoms with Gasteiger partial charge in [0, 0.05) is 0 Å². The number of hydrogen-bond acceptors (Lipinski definition) is 3. The molecule has 2 aromatic rings. The maximum absolute atomic E-state index is 12.6. The monoisotopic (exact) mass is 231 g/mol. The van der Waals surface area contributed by atoms with Gasteiger partial charge < -0.3 is 5.11 Å². The Morgan fingerprint density at radius 2 is 1.94 bits per heavy atom. The van der Waals surface area contributed by atoms with E-state index in [1.807, 2.05) is 0 Å². The van der Waals surface area contributed by atoms with E-state index in [4.69, 9.17) is 5.11 Å². The van der Waals surface area contributed by atoms with Crippen molar-refractivity contribution in [3.8, 4) is 5.69 Å². The van der Waals surface area contributed by atoms with Crippen molar-refractivity contribution >= 4 is 35.5 Å². The van der Waals surface area contributed by atoms with E-state index in [9.17, 15) is 9.18 Å². The Balaban J connectivity index is 0.00000128. The first-order chi connectivity index (χ1) is 7.16. The van der Waals surface area contributed by atoms with Crippen LogP contribution in [0.25, 0.3) is 5.69 Å². The number of nitrogens with zero attached hydrogens (tertiary/aromatic N) is 3. The number of benzene rings is 1. The third-order valence-electron chi connectivity index (χ3n) is 1.80. The third-order valence-corrected chi connectivity index (χ3v) is 1.80. The summed E-state index contributed by atoms with van der Waals surface area (Å²) in [6.07, 6.45) is 1.26. The molecule has 0 aliphatic carbocycles. The van der Waals surface area contributed by atoms with E-state index in [1.165, 1.54) is 35.1 Å². The summed E-state index contributed by atoms with van der Waals surface area (Å²) in [6.45, 7) is 0. The van der Waals surface area contributed by atoms with Gasteiger partial charge >= 0.3 is 35.5 Å². The second-order valence-corrected chi connectivity index (χ2v) is 2.83. The van der Waals surface area contributed by atoms with Crippen LogP contribution in [0.1, 0.15) is 10.5 Å². The van der Waals surface area contributed by atoms with Crippen LogP contribution in [-0.2, 0) is 0 Å². The number of aromatic carboxylic acids is 1.